The molecule has 608 valence electrons. The van der Waals surface area contributed by atoms with E-state index in [1.165, 1.54) is 30.5 Å². The van der Waals surface area contributed by atoms with E-state index in [2.05, 4.69) is 73.1 Å². The van der Waals surface area contributed by atoms with Gasteiger partial charge in [-0.05, 0) is 62.8 Å². The van der Waals surface area contributed by atoms with Gasteiger partial charge in [0.2, 0.25) is 53.2 Å². The summed E-state index contributed by atoms with van der Waals surface area (Å²) in [5, 5.41) is 200. The first-order valence-corrected chi connectivity index (χ1v) is 33.4. The number of carbonyl (C=O) groups excluding carboxylic acids is 10. The molecule has 0 fully saturated rings. The first kappa shape index (κ1) is 93.0. The lowest BCUT2D eigenvalue weighted by Crippen LogP contribution is -2.59. The van der Waals surface area contributed by atoms with Crippen molar-refractivity contribution < 1.29 is 154 Å². The summed E-state index contributed by atoms with van der Waals surface area (Å²) < 4.78 is 0. The van der Waals surface area contributed by atoms with Crippen molar-refractivity contribution in [3.8, 4) is 0 Å². The number of benzene rings is 1. The molecule has 18 atom stereocenters. The molecule has 0 aliphatic rings. The van der Waals surface area contributed by atoms with Crippen LogP contribution in [0.15, 0.2) is 35.3 Å². The van der Waals surface area contributed by atoms with Crippen LogP contribution in [0.25, 0.3) is 11.2 Å². The van der Waals surface area contributed by atoms with E-state index in [-0.39, 0.29) is 35.5 Å². The standard InChI is InChI=1S/C62H93N15O32/c63-62-76-54-47(60(107)77-62)69-29(18-68-54)17-64-27-3-1-26(2-4-27)55(102)75-34(61(108)109)8-14-44(91)71-30(6-12-42(89)66-20-36(83)49(97)52(100)39(86)24-80)57(104)74-33(10-16-46(94)95)59(106)72-31(7-13-43(90)67-21-37(84)50(98)53(101)40(87)25-81)58(105)73-32(9-15-45(92)93)56(103)70-28(22-78)5-11-41(88)65-19-35(82)48(96)51(99)38(85)23-79/h1-4,18,22,28,30-40,48-53,64,79-87,96-101H,5-17,19-21,23-25H2,(H,65,88)(H,66,89)(H,67,90)(H,70,103)(H,71,91)(H,72,106)(H,73,105)(H,74,104)(H,75,102)(H,92,93)(H,94,95)(H,108,109)(H3,63,68,76,77,107)/t28-,30-,31-,32+,33+,34-,35-,36-,37-,38+,39+,40+,48+,49+,50+,51+,52+,53+/m0/s1. The van der Waals surface area contributed by atoms with Crippen LogP contribution in [-0.4, -0.2) is 338 Å². The van der Waals surface area contributed by atoms with Crippen LogP contribution >= 0.6 is 0 Å². The smallest absolute Gasteiger partial charge is 0.326 e. The Balaban J connectivity index is 1.96. The summed E-state index contributed by atoms with van der Waals surface area (Å²) in [6, 6.07) is -6.35. The monoisotopic (exact) mass is 1560 g/mol. The number of anilines is 2. The first-order valence-electron chi connectivity index (χ1n) is 33.4. The summed E-state index contributed by atoms with van der Waals surface area (Å²) in [7, 11) is 0. The van der Waals surface area contributed by atoms with Crippen molar-refractivity contribution in [2.24, 2.45) is 0 Å². The van der Waals surface area contributed by atoms with E-state index >= 15 is 0 Å². The minimum Gasteiger partial charge on any atom is -0.481 e. The summed E-state index contributed by atoms with van der Waals surface area (Å²) in [5.41, 5.74) is 5.42. The lowest BCUT2D eigenvalue weighted by Gasteiger charge is -2.27. The zero-order chi connectivity index (χ0) is 81.9. The van der Waals surface area contributed by atoms with Crippen molar-refractivity contribution in [1.29, 1.82) is 0 Å². The van der Waals surface area contributed by atoms with E-state index < -0.39 is 303 Å². The number of carboxylic acid groups (broad SMARTS) is 3. The maximum atomic E-state index is 14.5. The third-order valence-electron chi connectivity index (χ3n) is 16.2. The van der Waals surface area contributed by atoms with Gasteiger partial charge in [-0.15, -0.1) is 0 Å². The second kappa shape index (κ2) is 46.9. The highest BCUT2D eigenvalue weighted by Crippen LogP contribution is 2.16. The van der Waals surface area contributed by atoms with Gasteiger partial charge in [0.1, 0.15) is 91.4 Å². The normalized spacial score (nSPS) is 16.4. The van der Waals surface area contributed by atoms with Crippen LogP contribution in [0.5, 0.6) is 0 Å². The Morgan fingerprint density at radius 2 is 0.817 bits per heavy atom. The number of nitrogens with one attached hydrogen (secondary N) is 11. The first-order chi connectivity index (χ1) is 51.3. The molecule has 2 heterocycles. The topological polar surface area (TPSA) is 804 Å². The molecule has 0 unspecified atom stereocenters. The number of aldehydes is 1. The minimum absolute atomic E-state index is 0.00849. The Morgan fingerprint density at radius 3 is 1.21 bits per heavy atom. The number of hydrogen-bond donors (Lipinski definition) is 30. The van der Waals surface area contributed by atoms with Gasteiger partial charge in [0.05, 0.1) is 62.6 Å². The third kappa shape index (κ3) is 32.2. The fraction of sp³-hybridized carbons (Fsp3) is 0.597. The van der Waals surface area contributed by atoms with Crippen molar-refractivity contribution in [3.63, 3.8) is 0 Å². The van der Waals surface area contributed by atoms with Gasteiger partial charge in [-0.2, -0.15) is 4.98 Å². The molecule has 31 N–H and O–H groups in total. The van der Waals surface area contributed by atoms with E-state index in [1.54, 1.807) is 0 Å². The summed E-state index contributed by atoms with van der Waals surface area (Å²) in [6.45, 7) is -5.69. The van der Waals surface area contributed by atoms with E-state index in [4.69, 9.17) is 21.1 Å². The number of carbonyl (C=O) groups is 13. The van der Waals surface area contributed by atoms with Crippen molar-refractivity contribution in [3.05, 3.63) is 52.1 Å². The molecule has 0 spiro atoms. The number of aliphatic carboxylic acids is 3. The van der Waals surface area contributed by atoms with Gasteiger partial charge < -0.3 is 156 Å². The number of fused-ring (bicyclic) bond motifs is 1. The van der Waals surface area contributed by atoms with Crippen LogP contribution in [-0.2, 0) is 64.1 Å². The van der Waals surface area contributed by atoms with Crippen molar-refractivity contribution in [2.45, 2.75) is 193 Å². The van der Waals surface area contributed by atoms with Crippen LogP contribution in [0.1, 0.15) is 93.1 Å². The minimum atomic E-state index is -2.20. The Labute approximate surface area is 616 Å². The fourth-order valence-electron chi connectivity index (χ4n) is 9.72. The number of rotatable bonds is 52. The molecule has 3 aromatic rings. The lowest BCUT2D eigenvalue weighted by molar-refractivity contribution is -0.140. The van der Waals surface area contributed by atoms with Gasteiger partial charge in [-0.3, -0.25) is 62.5 Å². The van der Waals surface area contributed by atoms with Gasteiger partial charge in [0.25, 0.3) is 11.5 Å². The van der Waals surface area contributed by atoms with Crippen molar-refractivity contribution in [2.75, 3.05) is 50.5 Å². The SMILES string of the molecule is Nc1nc2ncc(CNc3ccc(C(=O)N[C@@H](CCC(=O)N[C@@H](CCC(=O)NC[C@H](O)[C@@H](O)[C@H](O)[C@H](O)CO)C(=O)N[C@H](CCC(=O)O)C(=O)N[C@@H](CCC(=O)NC[C@H](O)[C@@H](O)[C@H](O)[C@H](O)CO)C(=O)N[C@H](CCC(=O)O)C(=O)N[C@H](C=O)CCC(=O)NC[C@H](O)[C@@H](O)[C@H](O)[C@H](O)CO)C(=O)O)cc3)nc2c(=O)[nH]1. The summed E-state index contributed by atoms with van der Waals surface area (Å²) in [5.74, 6) is -16.1. The zero-order valence-corrected chi connectivity index (χ0v) is 58.0. The molecule has 9 amide bonds. The van der Waals surface area contributed by atoms with E-state index in [9.17, 15) is 144 Å². The molecule has 1 aromatic carbocycles. The number of nitrogens with zero attached hydrogens (tertiary/aromatic N) is 3. The molecule has 0 radical (unpaired) electrons. The van der Waals surface area contributed by atoms with Gasteiger partial charge >= 0.3 is 17.9 Å². The number of nitrogen functional groups attached to an aromatic ring is 1. The summed E-state index contributed by atoms with van der Waals surface area (Å²) >= 11 is 0. The Hall–Kier alpha value is -10.2. The highest BCUT2D eigenvalue weighted by atomic mass is 16.4. The van der Waals surface area contributed by atoms with Gasteiger partial charge in [0, 0.05) is 69.4 Å². The molecule has 0 bridgehead atoms. The molecule has 0 saturated carbocycles. The predicted octanol–water partition coefficient (Wildman–Crippen LogP) is -13.8. The van der Waals surface area contributed by atoms with E-state index in [1.807, 2.05) is 0 Å². The largest absolute Gasteiger partial charge is 0.481 e. The van der Waals surface area contributed by atoms with Crippen LogP contribution in [0, 0.1) is 0 Å². The Bertz CT molecular complexity index is 3600. The highest BCUT2D eigenvalue weighted by Gasteiger charge is 2.37. The van der Waals surface area contributed by atoms with E-state index in [0.29, 0.717) is 11.4 Å². The van der Waals surface area contributed by atoms with Gasteiger partial charge in [-0.25, -0.2) is 14.8 Å². The maximum Gasteiger partial charge on any atom is 0.326 e. The van der Waals surface area contributed by atoms with E-state index in [0.717, 1.165) is 0 Å². The Morgan fingerprint density at radius 1 is 0.450 bits per heavy atom. The summed E-state index contributed by atoms with van der Waals surface area (Å²) in [4.78, 5) is 199. The average molecular weight is 1560 g/mol. The second-order valence-corrected chi connectivity index (χ2v) is 24.7. The molecule has 0 aliphatic heterocycles. The number of aromatic amines is 1. The molecule has 0 saturated heterocycles. The molecular weight excluding hydrogens is 1470 g/mol. The van der Waals surface area contributed by atoms with Gasteiger partial charge in [0.15, 0.2) is 11.2 Å². The van der Waals surface area contributed by atoms with Crippen LogP contribution in [0.3, 0.4) is 0 Å². The van der Waals surface area contributed by atoms with Crippen LogP contribution in [0.4, 0.5) is 11.6 Å². The van der Waals surface area contributed by atoms with Gasteiger partial charge in [-0.1, -0.05) is 0 Å². The lowest BCUT2D eigenvalue weighted by atomic mass is 10.0. The molecule has 47 heteroatoms. The average Bonchev–Trinajstić information content (AvgIpc) is 0.812. The second-order valence-electron chi connectivity index (χ2n) is 24.7. The highest BCUT2D eigenvalue weighted by molar-refractivity contribution is 5.98. The predicted molar refractivity (Wildman–Crippen MR) is 364 cm³/mol. The molecule has 2 aromatic heterocycles. The molecule has 0 aliphatic carbocycles. The number of carboxylic acids is 3. The number of amides is 9. The Kier molecular flexibility index (Phi) is 40.0. The molecule has 3 rings (SSSR count). The van der Waals surface area contributed by atoms with Crippen LogP contribution in [0.2, 0.25) is 0 Å². The van der Waals surface area contributed by atoms with Crippen molar-refractivity contribution >= 4 is 100 Å². The molecule has 109 heavy (non-hydrogen) atoms. The van der Waals surface area contributed by atoms with Crippen LogP contribution < -0.4 is 64.5 Å². The quantitative estimate of drug-likeness (QED) is 0.0233. The number of nitrogens with two attached hydrogens (primary N) is 1. The number of aliphatic hydroxyl groups is 15. The molecular formula is C62H93N15O32. The molecule has 47 nitrogen and oxygen atoms in total. The maximum absolute atomic E-state index is 14.5. The number of hydrogen-bond acceptors (Lipinski definition) is 34. The third-order valence-corrected chi connectivity index (χ3v) is 16.2. The number of aliphatic hydroxyl groups excluding tert-OH is 15. The fourth-order valence-corrected chi connectivity index (χ4v) is 9.72. The number of H-pyrrole nitrogens is 1. The number of aromatic nitrogens is 4. The van der Waals surface area contributed by atoms with Crippen molar-refractivity contribution in [1.82, 2.24) is 67.8 Å². The summed E-state index contributed by atoms with van der Waals surface area (Å²) in [6.07, 6.45) is -33.0. The zero-order valence-electron chi connectivity index (χ0n) is 58.0.